The Morgan fingerprint density at radius 1 is 0.853 bits per heavy atom. The third-order valence-corrected chi connectivity index (χ3v) is 7.23. The van der Waals surface area contributed by atoms with Crippen LogP contribution < -0.4 is 4.72 Å². The molecule has 7 heteroatoms. The molecule has 1 aliphatic rings. The highest BCUT2D eigenvalue weighted by atomic mass is 32.2. The van der Waals surface area contributed by atoms with E-state index in [2.05, 4.69) is 33.9 Å². The van der Waals surface area contributed by atoms with Crippen molar-refractivity contribution in [2.24, 2.45) is 0 Å². The summed E-state index contributed by atoms with van der Waals surface area (Å²) in [5.41, 5.74) is 2.43. The SMILES string of the molecule is O=C(c1cccc(S(=O)(=O)NCc2ccccc2)c1)N1CCN(CC=Cc2ccccc2)CC1. The molecule has 34 heavy (non-hydrogen) atoms. The molecule has 3 aromatic carbocycles. The summed E-state index contributed by atoms with van der Waals surface area (Å²) >= 11 is 0. The van der Waals surface area contributed by atoms with E-state index >= 15 is 0 Å². The summed E-state index contributed by atoms with van der Waals surface area (Å²) in [5, 5.41) is 0. The van der Waals surface area contributed by atoms with Gasteiger partial charge in [-0.25, -0.2) is 13.1 Å². The summed E-state index contributed by atoms with van der Waals surface area (Å²) in [5.74, 6) is -0.139. The quantitative estimate of drug-likeness (QED) is 0.540. The van der Waals surface area contributed by atoms with E-state index in [1.165, 1.54) is 17.7 Å². The van der Waals surface area contributed by atoms with E-state index in [0.717, 1.165) is 25.2 Å². The number of hydrogen-bond donors (Lipinski definition) is 1. The lowest BCUT2D eigenvalue weighted by Crippen LogP contribution is -2.48. The van der Waals surface area contributed by atoms with E-state index in [4.69, 9.17) is 0 Å². The van der Waals surface area contributed by atoms with Crippen LogP contribution in [0.1, 0.15) is 21.5 Å². The number of benzene rings is 3. The Bertz CT molecular complexity index is 1220. The first-order chi connectivity index (χ1) is 16.5. The maximum absolute atomic E-state index is 13.0. The number of hydrogen-bond acceptors (Lipinski definition) is 4. The Morgan fingerprint density at radius 3 is 2.24 bits per heavy atom. The smallest absolute Gasteiger partial charge is 0.253 e. The van der Waals surface area contributed by atoms with Gasteiger partial charge >= 0.3 is 0 Å². The van der Waals surface area contributed by atoms with E-state index in [1.54, 1.807) is 17.0 Å². The van der Waals surface area contributed by atoms with Crippen LogP contribution in [0.4, 0.5) is 0 Å². The molecule has 1 heterocycles. The molecule has 0 atom stereocenters. The molecule has 0 aromatic heterocycles. The van der Waals surface area contributed by atoms with Gasteiger partial charge in [0.15, 0.2) is 0 Å². The lowest BCUT2D eigenvalue weighted by molar-refractivity contribution is 0.0650. The van der Waals surface area contributed by atoms with Crippen molar-refractivity contribution in [1.82, 2.24) is 14.5 Å². The highest BCUT2D eigenvalue weighted by Crippen LogP contribution is 2.15. The number of carbonyl (C=O) groups is 1. The zero-order chi connectivity index (χ0) is 23.8. The fourth-order valence-electron chi connectivity index (χ4n) is 3.87. The predicted molar refractivity (Wildman–Crippen MR) is 135 cm³/mol. The van der Waals surface area contributed by atoms with Crippen LogP contribution in [0.3, 0.4) is 0 Å². The molecule has 0 unspecified atom stereocenters. The molecule has 0 saturated carbocycles. The number of sulfonamides is 1. The molecule has 0 bridgehead atoms. The van der Waals surface area contributed by atoms with Gasteiger partial charge in [-0.3, -0.25) is 9.69 Å². The minimum Gasteiger partial charge on any atom is -0.336 e. The van der Waals surface area contributed by atoms with Gasteiger partial charge in [-0.15, -0.1) is 0 Å². The monoisotopic (exact) mass is 475 g/mol. The second kappa shape index (κ2) is 11.2. The molecule has 1 N–H and O–H groups in total. The minimum atomic E-state index is -3.72. The Kier molecular flexibility index (Phi) is 7.90. The lowest BCUT2D eigenvalue weighted by atomic mass is 10.1. The van der Waals surface area contributed by atoms with Crippen LogP contribution in [0, 0.1) is 0 Å². The molecular formula is C27H29N3O3S. The average Bonchev–Trinajstić information content (AvgIpc) is 2.89. The van der Waals surface area contributed by atoms with Gasteiger partial charge in [-0.1, -0.05) is 78.9 Å². The van der Waals surface area contributed by atoms with Crippen molar-refractivity contribution < 1.29 is 13.2 Å². The topological polar surface area (TPSA) is 69.7 Å². The third-order valence-electron chi connectivity index (χ3n) is 5.83. The van der Waals surface area contributed by atoms with Crippen LogP contribution in [-0.4, -0.2) is 56.8 Å². The standard InChI is InChI=1S/C27H29N3O3S/c31-27(30-19-17-29(18-20-30)16-8-13-23-9-3-1-4-10-23)25-14-7-15-26(21-25)34(32,33)28-22-24-11-5-2-6-12-24/h1-15,21,28H,16-20,22H2. The molecule has 0 radical (unpaired) electrons. The van der Waals surface area contributed by atoms with Crippen LogP contribution in [0.5, 0.6) is 0 Å². The van der Waals surface area contributed by atoms with Gasteiger partial charge in [0.1, 0.15) is 0 Å². The number of nitrogens with zero attached hydrogens (tertiary/aromatic N) is 2. The van der Waals surface area contributed by atoms with Crippen molar-refractivity contribution in [3.63, 3.8) is 0 Å². The van der Waals surface area contributed by atoms with E-state index in [-0.39, 0.29) is 17.3 Å². The maximum Gasteiger partial charge on any atom is 0.253 e. The molecule has 1 saturated heterocycles. The van der Waals surface area contributed by atoms with Crippen LogP contribution >= 0.6 is 0 Å². The van der Waals surface area contributed by atoms with Crippen molar-refractivity contribution in [2.75, 3.05) is 32.7 Å². The molecule has 6 nitrogen and oxygen atoms in total. The summed E-state index contributed by atoms with van der Waals surface area (Å²) in [4.78, 5) is 17.2. The van der Waals surface area contributed by atoms with Crippen molar-refractivity contribution >= 4 is 22.0 Å². The molecule has 0 aliphatic carbocycles. The Balaban J connectivity index is 1.32. The van der Waals surface area contributed by atoms with Crippen LogP contribution in [0.25, 0.3) is 6.08 Å². The Hall–Kier alpha value is -3.26. The molecule has 1 aliphatic heterocycles. The molecule has 4 rings (SSSR count). The Morgan fingerprint density at radius 2 is 1.53 bits per heavy atom. The average molecular weight is 476 g/mol. The predicted octanol–water partition coefficient (Wildman–Crippen LogP) is 3.64. The van der Waals surface area contributed by atoms with Crippen molar-refractivity contribution in [3.8, 4) is 0 Å². The first-order valence-corrected chi connectivity index (χ1v) is 12.9. The van der Waals surface area contributed by atoms with Gasteiger partial charge in [-0.2, -0.15) is 0 Å². The van der Waals surface area contributed by atoms with Gasteiger partial charge in [0, 0.05) is 44.8 Å². The molecular weight excluding hydrogens is 446 g/mol. The number of rotatable bonds is 8. The second-order valence-corrected chi connectivity index (χ2v) is 10.0. The highest BCUT2D eigenvalue weighted by molar-refractivity contribution is 7.89. The van der Waals surface area contributed by atoms with Crippen LogP contribution in [-0.2, 0) is 16.6 Å². The second-order valence-electron chi connectivity index (χ2n) is 8.24. The van der Waals surface area contributed by atoms with E-state index < -0.39 is 10.0 Å². The van der Waals surface area contributed by atoms with Gasteiger partial charge in [0.2, 0.25) is 10.0 Å². The summed E-state index contributed by atoms with van der Waals surface area (Å²) in [6.45, 7) is 3.81. The zero-order valence-electron chi connectivity index (χ0n) is 19.0. The summed E-state index contributed by atoms with van der Waals surface area (Å²) in [6, 6.07) is 25.8. The molecule has 176 valence electrons. The van der Waals surface area contributed by atoms with E-state index in [1.807, 2.05) is 48.5 Å². The van der Waals surface area contributed by atoms with Crippen LogP contribution in [0.2, 0.25) is 0 Å². The number of amides is 1. The number of carbonyl (C=O) groups excluding carboxylic acids is 1. The minimum absolute atomic E-state index is 0.0963. The summed E-state index contributed by atoms with van der Waals surface area (Å²) in [7, 11) is -3.72. The number of nitrogens with one attached hydrogen (secondary N) is 1. The van der Waals surface area contributed by atoms with Gasteiger partial charge in [0.05, 0.1) is 4.90 Å². The summed E-state index contributed by atoms with van der Waals surface area (Å²) in [6.07, 6.45) is 4.25. The first kappa shape index (κ1) is 23.9. The summed E-state index contributed by atoms with van der Waals surface area (Å²) < 4.78 is 28.1. The van der Waals surface area contributed by atoms with Crippen molar-refractivity contribution in [3.05, 3.63) is 108 Å². The Labute approximate surface area is 201 Å². The maximum atomic E-state index is 13.0. The van der Waals surface area contributed by atoms with E-state index in [0.29, 0.717) is 18.7 Å². The molecule has 1 fully saturated rings. The zero-order valence-corrected chi connectivity index (χ0v) is 19.8. The first-order valence-electron chi connectivity index (χ1n) is 11.4. The lowest BCUT2D eigenvalue weighted by Gasteiger charge is -2.34. The van der Waals surface area contributed by atoms with Crippen molar-refractivity contribution in [1.29, 1.82) is 0 Å². The highest BCUT2D eigenvalue weighted by Gasteiger charge is 2.23. The van der Waals surface area contributed by atoms with Gasteiger partial charge < -0.3 is 4.90 Å². The number of piperazine rings is 1. The largest absolute Gasteiger partial charge is 0.336 e. The molecule has 3 aromatic rings. The van der Waals surface area contributed by atoms with Crippen LogP contribution in [0.15, 0.2) is 95.9 Å². The van der Waals surface area contributed by atoms with E-state index in [9.17, 15) is 13.2 Å². The molecule has 1 amide bonds. The third kappa shape index (κ3) is 6.41. The molecule has 0 spiro atoms. The van der Waals surface area contributed by atoms with Gasteiger partial charge in [-0.05, 0) is 29.3 Å². The normalized spacial score (nSPS) is 15.0. The van der Waals surface area contributed by atoms with Crippen molar-refractivity contribution in [2.45, 2.75) is 11.4 Å². The van der Waals surface area contributed by atoms with Gasteiger partial charge in [0.25, 0.3) is 5.91 Å². The fraction of sp³-hybridized carbons (Fsp3) is 0.222. The fourth-order valence-corrected chi connectivity index (χ4v) is 4.94.